The van der Waals surface area contributed by atoms with Crippen molar-refractivity contribution in [1.29, 1.82) is 0 Å². The van der Waals surface area contributed by atoms with Crippen LogP contribution < -0.4 is 10.1 Å². The molecule has 1 aromatic heterocycles. The van der Waals surface area contributed by atoms with Crippen molar-refractivity contribution < 1.29 is 9.53 Å². The van der Waals surface area contributed by atoms with Crippen molar-refractivity contribution in [2.75, 3.05) is 26.7 Å². The van der Waals surface area contributed by atoms with Gasteiger partial charge in [-0.1, -0.05) is 18.6 Å². The number of nitrogens with zero attached hydrogens (tertiary/aromatic N) is 3. The van der Waals surface area contributed by atoms with Crippen LogP contribution in [0.2, 0.25) is 0 Å². The van der Waals surface area contributed by atoms with E-state index in [1.54, 1.807) is 25.3 Å². The van der Waals surface area contributed by atoms with Crippen LogP contribution in [0.25, 0.3) is 11.0 Å². The molecular formula is C21H25N5O2. The number of amides is 1. The predicted molar refractivity (Wildman–Crippen MR) is 107 cm³/mol. The van der Waals surface area contributed by atoms with Crippen LogP contribution >= 0.6 is 0 Å². The van der Waals surface area contributed by atoms with E-state index in [0.29, 0.717) is 17.6 Å². The molecule has 1 aliphatic heterocycles. The maximum absolute atomic E-state index is 12.7. The van der Waals surface area contributed by atoms with E-state index in [1.807, 2.05) is 12.1 Å². The van der Waals surface area contributed by atoms with Crippen molar-refractivity contribution in [3.63, 3.8) is 0 Å². The number of nitrogens with one attached hydrogen (secondary N) is 2. The summed E-state index contributed by atoms with van der Waals surface area (Å²) in [5.74, 6) is 0.742. The van der Waals surface area contributed by atoms with Crippen molar-refractivity contribution in [3.8, 4) is 5.75 Å². The molecular weight excluding hydrogens is 354 g/mol. The molecule has 1 aliphatic rings. The van der Waals surface area contributed by atoms with Crippen LogP contribution in [0.4, 0.5) is 0 Å². The number of benzene rings is 2. The number of carbonyl (C=O) groups excluding carboxylic acids is 1. The van der Waals surface area contributed by atoms with Gasteiger partial charge in [0.1, 0.15) is 16.8 Å². The van der Waals surface area contributed by atoms with Crippen molar-refractivity contribution in [2.45, 2.75) is 25.3 Å². The highest BCUT2D eigenvalue weighted by molar-refractivity contribution is 5.97. The summed E-state index contributed by atoms with van der Waals surface area (Å²) in [5.41, 5.74) is 3.22. The lowest BCUT2D eigenvalue weighted by atomic mass is 10.0. The lowest BCUT2D eigenvalue weighted by Gasteiger charge is -2.35. The Labute approximate surface area is 164 Å². The number of aromatic nitrogens is 3. The minimum Gasteiger partial charge on any atom is -0.497 e. The van der Waals surface area contributed by atoms with Crippen LogP contribution in [0.15, 0.2) is 42.5 Å². The zero-order chi connectivity index (χ0) is 19.3. The molecule has 2 N–H and O–H groups in total. The number of piperidine rings is 1. The maximum Gasteiger partial charge on any atom is 0.251 e. The van der Waals surface area contributed by atoms with Gasteiger partial charge in [-0.25, -0.2) is 0 Å². The summed E-state index contributed by atoms with van der Waals surface area (Å²) in [6.07, 6.45) is 3.67. The first-order valence-electron chi connectivity index (χ1n) is 9.71. The standard InChI is InChI=1S/C21H25N5O2/c1-28-17-8-5-15(6-9-17)20(26-11-3-2-4-12-26)14-22-21(27)16-7-10-18-19(13-16)24-25-23-18/h5-10,13,20H,2-4,11-12,14H2,1H3,(H,22,27)(H,23,24,25)/t20-/m0/s1. The first-order chi connectivity index (χ1) is 13.7. The van der Waals surface area contributed by atoms with Gasteiger partial charge in [0.25, 0.3) is 5.91 Å². The number of rotatable bonds is 6. The van der Waals surface area contributed by atoms with Crippen LogP contribution in [0, 0.1) is 0 Å². The molecule has 7 heteroatoms. The maximum atomic E-state index is 12.7. The van der Waals surface area contributed by atoms with Crippen LogP contribution in [0.1, 0.15) is 41.2 Å². The van der Waals surface area contributed by atoms with Gasteiger partial charge in [0, 0.05) is 12.1 Å². The molecule has 7 nitrogen and oxygen atoms in total. The monoisotopic (exact) mass is 379 g/mol. The van der Waals surface area contributed by atoms with Gasteiger partial charge in [-0.2, -0.15) is 15.4 Å². The zero-order valence-corrected chi connectivity index (χ0v) is 16.0. The lowest BCUT2D eigenvalue weighted by molar-refractivity contribution is 0.0924. The SMILES string of the molecule is COc1ccc([C@H](CNC(=O)c2ccc3n[nH]nc3c2)N2CCCCC2)cc1. The van der Waals surface area contributed by atoms with E-state index in [1.165, 1.54) is 24.8 Å². The van der Waals surface area contributed by atoms with Crippen molar-refractivity contribution in [2.24, 2.45) is 0 Å². The molecule has 0 aliphatic carbocycles. The molecule has 1 fully saturated rings. The minimum atomic E-state index is -0.0968. The van der Waals surface area contributed by atoms with E-state index in [2.05, 4.69) is 37.8 Å². The molecule has 2 heterocycles. The molecule has 0 unspecified atom stereocenters. The predicted octanol–water partition coefficient (Wildman–Crippen LogP) is 2.92. The van der Waals surface area contributed by atoms with Crippen LogP contribution in [-0.4, -0.2) is 53.0 Å². The average molecular weight is 379 g/mol. The minimum absolute atomic E-state index is 0.0968. The number of methoxy groups -OCH3 is 1. The molecule has 1 amide bonds. The van der Waals surface area contributed by atoms with Gasteiger partial charge in [0.15, 0.2) is 0 Å². The smallest absolute Gasteiger partial charge is 0.251 e. The highest BCUT2D eigenvalue weighted by Crippen LogP contribution is 2.26. The second-order valence-corrected chi connectivity index (χ2v) is 7.12. The Balaban J connectivity index is 1.50. The molecule has 3 aromatic rings. The molecule has 28 heavy (non-hydrogen) atoms. The van der Waals surface area contributed by atoms with Gasteiger partial charge < -0.3 is 10.1 Å². The Kier molecular flexibility index (Phi) is 5.53. The number of hydrogen-bond donors (Lipinski definition) is 2. The van der Waals surface area contributed by atoms with Crippen molar-refractivity contribution >= 4 is 16.9 Å². The van der Waals surface area contributed by atoms with E-state index < -0.39 is 0 Å². The van der Waals surface area contributed by atoms with E-state index in [4.69, 9.17) is 4.74 Å². The number of hydrogen-bond acceptors (Lipinski definition) is 5. The molecule has 0 saturated carbocycles. The van der Waals surface area contributed by atoms with Gasteiger partial charge in [0.2, 0.25) is 0 Å². The fraction of sp³-hybridized carbons (Fsp3) is 0.381. The fourth-order valence-corrected chi connectivity index (χ4v) is 3.79. The Morgan fingerprint density at radius 2 is 1.86 bits per heavy atom. The number of likely N-dealkylation sites (tertiary alicyclic amines) is 1. The van der Waals surface area contributed by atoms with Crippen molar-refractivity contribution in [1.82, 2.24) is 25.6 Å². The average Bonchev–Trinajstić information content (AvgIpc) is 3.23. The quantitative estimate of drug-likeness (QED) is 0.688. The summed E-state index contributed by atoms with van der Waals surface area (Å²) in [6.45, 7) is 2.66. The second-order valence-electron chi connectivity index (χ2n) is 7.12. The Morgan fingerprint density at radius 1 is 1.11 bits per heavy atom. The summed E-state index contributed by atoms with van der Waals surface area (Å²) in [4.78, 5) is 15.2. The van der Waals surface area contributed by atoms with Crippen LogP contribution in [0.3, 0.4) is 0 Å². The number of carbonyl (C=O) groups is 1. The summed E-state index contributed by atoms with van der Waals surface area (Å²) in [6, 6.07) is 13.6. The van der Waals surface area contributed by atoms with Gasteiger partial charge >= 0.3 is 0 Å². The van der Waals surface area contributed by atoms with E-state index >= 15 is 0 Å². The van der Waals surface area contributed by atoms with E-state index in [9.17, 15) is 4.79 Å². The zero-order valence-electron chi connectivity index (χ0n) is 16.0. The summed E-state index contributed by atoms with van der Waals surface area (Å²) >= 11 is 0. The van der Waals surface area contributed by atoms with Crippen LogP contribution in [0.5, 0.6) is 5.75 Å². The summed E-state index contributed by atoms with van der Waals surface area (Å²) < 4.78 is 5.28. The number of fused-ring (bicyclic) bond motifs is 1. The molecule has 146 valence electrons. The number of aromatic amines is 1. The number of ether oxygens (including phenoxy) is 1. The highest BCUT2D eigenvalue weighted by atomic mass is 16.5. The highest BCUT2D eigenvalue weighted by Gasteiger charge is 2.23. The lowest BCUT2D eigenvalue weighted by Crippen LogP contribution is -2.40. The first kappa shape index (κ1) is 18.4. The third-order valence-electron chi connectivity index (χ3n) is 5.37. The summed E-state index contributed by atoms with van der Waals surface area (Å²) in [7, 11) is 1.67. The third kappa shape index (κ3) is 3.99. The fourth-order valence-electron chi connectivity index (χ4n) is 3.79. The van der Waals surface area contributed by atoms with Crippen molar-refractivity contribution in [3.05, 3.63) is 53.6 Å². The molecule has 1 saturated heterocycles. The largest absolute Gasteiger partial charge is 0.497 e. The van der Waals surface area contributed by atoms with Gasteiger partial charge in [0.05, 0.1) is 13.2 Å². The molecule has 0 radical (unpaired) electrons. The van der Waals surface area contributed by atoms with E-state index in [-0.39, 0.29) is 11.9 Å². The van der Waals surface area contributed by atoms with Gasteiger partial charge in [-0.3, -0.25) is 9.69 Å². The molecule has 4 rings (SSSR count). The first-order valence-corrected chi connectivity index (χ1v) is 9.71. The normalized spacial score (nSPS) is 16.0. The Hall–Kier alpha value is -2.93. The van der Waals surface area contributed by atoms with E-state index in [0.717, 1.165) is 24.4 Å². The third-order valence-corrected chi connectivity index (χ3v) is 5.37. The Bertz CT molecular complexity index is 931. The number of H-pyrrole nitrogens is 1. The van der Waals surface area contributed by atoms with Crippen LogP contribution in [-0.2, 0) is 0 Å². The second kappa shape index (κ2) is 8.39. The molecule has 1 atom stereocenters. The van der Waals surface area contributed by atoms with Gasteiger partial charge in [-0.15, -0.1) is 0 Å². The summed E-state index contributed by atoms with van der Waals surface area (Å²) in [5, 5.41) is 13.8. The molecule has 0 spiro atoms. The topological polar surface area (TPSA) is 83.1 Å². The van der Waals surface area contributed by atoms with Gasteiger partial charge in [-0.05, 0) is 61.8 Å². The Morgan fingerprint density at radius 3 is 2.61 bits per heavy atom. The molecule has 0 bridgehead atoms. The molecule has 2 aromatic carbocycles.